The lowest BCUT2D eigenvalue weighted by Crippen LogP contribution is -2.52. The van der Waals surface area contributed by atoms with Crippen molar-refractivity contribution in [3.05, 3.63) is 53.9 Å². The molecule has 3 amide bonds. The molecular weight excluding hydrogens is 424 g/mol. The molecule has 2 aromatic carbocycles. The van der Waals surface area contributed by atoms with E-state index in [-0.39, 0.29) is 30.5 Å². The molecule has 9 nitrogen and oxygen atoms in total. The number of hydrogen-bond donors (Lipinski definition) is 2. The number of aryl methyl sites for hydroxylation is 1. The lowest BCUT2D eigenvalue weighted by molar-refractivity contribution is -0.136. The Bertz CT molecular complexity index is 1310. The molecule has 1 saturated heterocycles. The number of phenols is 1. The summed E-state index contributed by atoms with van der Waals surface area (Å²) < 4.78 is 7.00. The van der Waals surface area contributed by atoms with Crippen molar-refractivity contribution in [2.45, 2.75) is 25.4 Å². The average molecular weight is 446 g/mol. The van der Waals surface area contributed by atoms with Crippen molar-refractivity contribution in [3.8, 4) is 34.0 Å². The Hall–Kier alpha value is -4.14. The summed E-state index contributed by atoms with van der Waals surface area (Å²) in [6.07, 6.45) is 2.20. The molecule has 0 spiro atoms. The minimum Gasteiger partial charge on any atom is -0.507 e. The highest BCUT2D eigenvalue weighted by Gasteiger charge is 2.39. The quantitative estimate of drug-likeness (QED) is 0.594. The second-order valence-electron chi connectivity index (χ2n) is 8.21. The number of carbonyl (C=O) groups excluding carboxylic acids is 3. The molecule has 2 aliphatic rings. The summed E-state index contributed by atoms with van der Waals surface area (Å²) in [5.41, 5.74) is 4.10. The number of amides is 3. The monoisotopic (exact) mass is 446 g/mol. The van der Waals surface area contributed by atoms with Crippen LogP contribution in [0.4, 0.5) is 0 Å². The van der Waals surface area contributed by atoms with E-state index in [0.717, 1.165) is 16.8 Å². The highest BCUT2D eigenvalue weighted by atomic mass is 16.5. The Kier molecular flexibility index (Phi) is 4.88. The Morgan fingerprint density at radius 1 is 1.12 bits per heavy atom. The summed E-state index contributed by atoms with van der Waals surface area (Å²) in [6.45, 7) is 0.282. The number of carbonyl (C=O) groups is 3. The first-order chi connectivity index (χ1) is 15.9. The molecule has 0 aliphatic carbocycles. The largest absolute Gasteiger partial charge is 0.507 e. The summed E-state index contributed by atoms with van der Waals surface area (Å²) in [4.78, 5) is 42.8. The maximum absolute atomic E-state index is 13.0. The number of benzene rings is 2. The van der Waals surface area contributed by atoms with E-state index in [1.165, 1.54) is 12.0 Å². The molecule has 2 N–H and O–H groups in total. The van der Waals surface area contributed by atoms with Crippen molar-refractivity contribution in [3.63, 3.8) is 0 Å². The number of phenolic OH excluding ortho intramolecular Hbond substituents is 1. The molecule has 1 fully saturated rings. The molecule has 33 heavy (non-hydrogen) atoms. The van der Waals surface area contributed by atoms with E-state index >= 15 is 0 Å². The number of imide groups is 1. The van der Waals surface area contributed by atoms with Crippen LogP contribution in [0.3, 0.4) is 0 Å². The molecule has 5 rings (SSSR count). The lowest BCUT2D eigenvalue weighted by Gasteiger charge is -2.29. The van der Waals surface area contributed by atoms with Gasteiger partial charge in [-0.1, -0.05) is 6.07 Å². The zero-order chi connectivity index (χ0) is 23.3. The van der Waals surface area contributed by atoms with Gasteiger partial charge in [0.25, 0.3) is 5.91 Å². The van der Waals surface area contributed by atoms with Gasteiger partial charge in [-0.05, 0) is 36.2 Å². The number of methoxy groups -OCH3 is 1. The van der Waals surface area contributed by atoms with Crippen LogP contribution in [0.1, 0.15) is 28.8 Å². The first-order valence-electron chi connectivity index (χ1n) is 10.5. The van der Waals surface area contributed by atoms with E-state index in [1.807, 2.05) is 23.7 Å². The van der Waals surface area contributed by atoms with Crippen molar-refractivity contribution in [2.75, 3.05) is 7.11 Å². The van der Waals surface area contributed by atoms with Crippen molar-refractivity contribution in [2.24, 2.45) is 7.05 Å². The normalized spacial score (nSPS) is 17.8. The zero-order valence-electron chi connectivity index (χ0n) is 18.2. The van der Waals surface area contributed by atoms with E-state index in [1.54, 1.807) is 30.6 Å². The summed E-state index contributed by atoms with van der Waals surface area (Å²) in [5.74, 6) is -0.356. The number of aromatic hydroxyl groups is 1. The van der Waals surface area contributed by atoms with E-state index in [9.17, 15) is 19.5 Å². The maximum Gasteiger partial charge on any atom is 0.255 e. The predicted octanol–water partition coefficient (Wildman–Crippen LogP) is 2.23. The van der Waals surface area contributed by atoms with Crippen molar-refractivity contribution in [1.82, 2.24) is 19.8 Å². The number of rotatable bonds is 4. The van der Waals surface area contributed by atoms with Crippen molar-refractivity contribution >= 4 is 17.7 Å². The van der Waals surface area contributed by atoms with Gasteiger partial charge in [-0.3, -0.25) is 19.7 Å². The van der Waals surface area contributed by atoms with Gasteiger partial charge in [0.2, 0.25) is 11.8 Å². The maximum atomic E-state index is 13.0. The van der Waals surface area contributed by atoms with E-state index in [4.69, 9.17) is 4.74 Å². The van der Waals surface area contributed by atoms with Crippen molar-refractivity contribution < 1.29 is 24.2 Å². The highest BCUT2D eigenvalue weighted by Crippen LogP contribution is 2.39. The van der Waals surface area contributed by atoms with Crippen LogP contribution in [0, 0.1) is 0 Å². The Labute approximate surface area is 189 Å². The number of piperidine rings is 1. The fourth-order valence-electron chi connectivity index (χ4n) is 4.52. The van der Waals surface area contributed by atoms with Gasteiger partial charge in [0.1, 0.15) is 17.5 Å². The number of nitrogens with zero attached hydrogens (tertiary/aromatic N) is 3. The van der Waals surface area contributed by atoms with Gasteiger partial charge in [0.05, 0.1) is 24.8 Å². The molecule has 0 bridgehead atoms. The van der Waals surface area contributed by atoms with Gasteiger partial charge in [0.15, 0.2) is 0 Å². The number of aromatic nitrogens is 2. The number of nitrogens with one attached hydrogen (secondary N) is 1. The van der Waals surface area contributed by atoms with E-state index in [0.29, 0.717) is 29.0 Å². The van der Waals surface area contributed by atoms with Crippen LogP contribution in [-0.2, 0) is 23.2 Å². The SMILES string of the molecule is COc1ccc(-c2c(-c3ccc4c(c3)CN(C3CCC(=O)NC3=O)C4=O)ncn2C)c(O)c1. The summed E-state index contributed by atoms with van der Waals surface area (Å²) in [6, 6.07) is 9.88. The van der Waals surface area contributed by atoms with Crippen LogP contribution in [0.25, 0.3) is 22.5 Å². The minimum absolute atomic E-state index is 0.0690. The number of hydrogen-bond acceptors (Lipinski definition) is 6. The van der Waals surface area contributed by atoms with Gasteiger partial charge in [-0.25, -0.2) is 4.98 Å². The first kappa shape index (κ1) is 20.7. The smallest absolute Gasteiger partial charge is 0.255 e. The third-order valence-corrected chi connectivity index (χ3v) is 6.19. The molecule has 3 aromatic rings. The third kappa shape index (κ3) is 3.42. The second kappa shape index (κ2) is 7.77. The molecule has 9 heteroatoms. The van der Waals surface area contributed by atoms with Crippen molar-refractivity contribution in [1.29, 1.82) is 0 Å². The molecular formula is C24H22N4O5. The van der Waals surface area contributed by atoms with E-state index < -0.39 is 11.9 Å². The van der Waals surface area contributed by atoms with Gasteiger partial charge in [0, 0.05) is 42.8 Å². The van der Waals surface area contributed by atoms with Crippen LogP contribution < -0.4 is 10.1 Å². The van der Waals surface area contributed by atoms with Crippen LogP contribution in [0.2, 0.25) is 0 Å². The highest BCUT2D eigenvalue weighted by molar-refractivity contribution is 6.05. The van der Waals surface area contributed by atoms with Crippen LogP contribution >= 0.6 is 0 Å². The van der Waals surface area contributed by atoms with Gasteiger partial charge >= 0.3 is 0 Å². The third-order valence-electron chi connectivity index (χ3n) is 6.19. The van der Waals surface area contributed by atoms with E-state index in [2.05, 4.69) is 10.3 Å². The Morgan fingerprint density at radius 2 is 1.91 bits per heavy atom. The van der Waals surface area contributed by atoms with Crippen LogP contribution in [0.15, 0.2) is 42.7 Å². The zero-order valence-corrected chi connectivity index (χ0v) is 18.2. The fraction of sp³-hybridized carbons (Fsp3) is 0.250. The Balaban J connectivity index is 1.50. The molecule has 168 valence electrons. The summed E-state index contributed by atoms with van der Waals surface area (Å²) in [7, 11) is 3.38. The van der Waals surface area contributed by atoms with Crippen LogP contribution in [-0.4, -0.2) is 50.4 Å². The Morgan fingerprint density at radius 3 is 2.64 bits per heavy atom. The molecule has 3 heterocycles. The number of ether oxygens (including phenoxy) is 1. The first-order valence-corrected chi connectivity index (χ1v) is 10.5. The topological polar surface area (TPSA) is 114 Å². The molecule has 0 radical (unpaired) electrons. The lowest BCUT2D eigenvalue weighted by atomic mass is 10.00. The van der Waals surface area contributed by atoms with Gasteiger partial charge in [-0.15, -0.1) is 0 Å². The standard InChI is InChI=1S/C24H22N4O5/c1-27-12-25-21(22(27)17-6-4-15(33-2)10-19(17)29)13-3-5-16-14(9-13)11-28(24(16)32)18-7-8-20(30)26-23(18)31/h3-6,9-10,12,18,29H,7-8,11H2,1-2H3,(H,26,30,31). The number of fused-ring (bicyclic) bond motifs is 1. The molecule has 1 aromatic heterocycles. The fourth-order valence-corrected chi connectivity index (χ4v) is 4.52. The summed E-state index contributed by atoms with van der Waals surface area (Å²) in [5, 5.41) is 12.9. The van der Waals surface area contributed by atoms with Gasteiger partial charge < -0.3 is 19.3 Å². The second-order valence-corrected chi connectivity index (χ2v) is 8.21. The number of imidazole rings is 1. The summed E-state index contributed by atoms with van der Waals surface area (Å²) >= 11 is 0. The molecule has 1 atom stereocenters. The molecule has 2 aliphatic heterocycles. The minimum atomic E-state index is -0.660. The molecule has 0 saturated carbocycles. The van der Waals surface area contributed by atoms with Gasteiger partial charge in [-0.2, -0.15) is 0 Å². The molecule has 1 unspecified atom stereocenters. The van der Waals surface area contributed by atoms with Crippen LogP contribution in [0.5, 0.6) is 11.5 Å². The average Bonchev–Trinajstić information content (AvgIpc) is 3.33. The predicted molar refractivity (Wildman–Crippen MR) is 118 cm³/mol.